The summed E-state index contributed by atoms with van der Waals surface area (Å²) >= 11 is 0. The van der Waals surface area contributed by atoms with E-state index in [4.69, 9.17) is 10.2 Å². The topological polar surface area (TPSA) is 52.5 Å². The highest BCUT2D eigenvalue weighted by atomic mass is 16.5. The van der Waals surface area contributed by atoms with Crippen LogP contribution in [0.15, 0.2) is 0 Å². The Morgan fingerprint density at radius 3 is 2.56 bits per heavy atom. The van der Waals surface area contributed by atoms with Crippen LogP contribution in [0.25, 0.3) is 0 Å². The van der Waals surface area contributed by atoms with E-state index in [9.17, 15) is 0 Å². The predicted molar refractivity (Wildman–Crippen MR) is 33.8 cm³/mol. The molecule has 3 nitrogen and oxygen atoms in total. The van der Waals surface area contributed by atoms with Crippen LogP contribution < -0.4 is 5.32 Å². The van der Waals surface area contributed by atoms with Crippen molar-refractivity contribution in [2.24, 2.45) is 5.92 Å². The van der Waals surface area contributed by atoms with Crippen LogP contribution in [-0.2, 0) is 0 Å². The lowest BCUT2D eigenvalue weighted by Crippen LogP contribution is -2.36. The zero-order chi connectivity index (χ0) is 6.69. The molecule has 0 aromatic carbocycles. The van der Waals surface area contributed by atoms with Crippen molar-refractivity contribution in [1.82, 2.24) is 5.32 Å². The molecule has 1 aliphatic rings. The van der Waals surface area contributed by atoms with E-state index in [0.29, 0.717) is 0 Å². The lowest BCUT2D eigenvalue weighted by Gasteiger charge is -2.23. The van der Waals surface area contributed by atoms with Gasteiger partial charge in [-0.3, -0.25) is 0 Å². The highest BCUT2D eigenvalue weighted by molar-refractivity contribution is 4.69. The first-order valence-corrected chi connectivity index (χ1v) is 3.37. The van der Waals surface area contributed by atoms with Crippen molar-refractivity contribution >= 4 is 0 Å². The van der Waals surface area contributed by atoms with E-state index in [1.807, 2.05) is 0 Å². The Bertz CT molecular complexity index is 79.1. The van der Waals surface area contributed by atoms with Gasteiger partial charge in [-0.2, -0.15) is 0 Å². The van der Waals surface area contributed by atoms with E-state index in [1.165, 1.54) is 0 Å². The summed E-state index contributed by atoms with van der Waals surface area (Å²) in [7, 11) is 0. The van der Waals surface area contributed by atoms with Crippen LogP contribution in [0.3, 0.4) is 0 Å². The van der Waals surface area contributed by atoms with Gasteiger partial charge in [0.05, 0.1) is 0 Å². The zero-order valence-corrected chi connectivity index (χ0v) is 5.38. The average molecular weight is 131 g/mol. The molecule has 1 atom stereocenters. The van der Waals surface area contributed by atoms with E-state index >= 15 is 0 Å². The molecule has 0 spiro atoms. The first-order valence-electron chi connectivity index (χ1n) is 3.37. The van der Waals surface area contributed by atoms with Gasteiger partial charge < -0.3 is 15.5 Å². The second kappa shape index (κ2) is 3.15. The fraction of sp³-hybridized carbons (Fsp3) is 1.00. The molecule has 1 fully saturated rings. The summed E-state index contributed by atoms with van der Waals surface area (Å²) in [5.41, 5.74) is 0. The number of piperidine rings is 1. The Labute approximate surface area is 54.7 Å². The van der Waals surface area contributed by atoms with Crippen molar-refractivity contribution in [3.05, 3.63) is 0 Å². The molecule has 3 N–H and O–H groups in total. The standard InChI is InChI=1S/C6H13NO2/c8-6(9)5-2-1-3-7-4-5/h5-9H,1-4H2. The summed E-state index contributed by atoms with van der Waals surface area (Å²) in [6, 6.07) is 0. The summed E-state index contributed by atoms with van der Waals surface area (Å²) in [4.78, 5) is 0. The molecule has 1 unspecified atom stereocenters. The monoisotopic (exact) mass is 131 g/mol. The number of nitrogens with one attached hydrogen (secondary N) is 1. The SMILES string of the molecule is OC(O)C1CCCNC1. The van der Waals surface area contributed by atoms with Crippen molar-refractivity contribution in [2.75, 3.05) is 13.1 Å². The van der Waals surface area contributed by atoms with Crippen molar-refractivity contribution in [3.8, 4) is 0 Å². The van der Waals surface area contributed by atoms with Crippen molar-refractivity contribution in [3.63, 3.8) is 0 Å². The molecule has 0 aromatic rings. The van der Waals surface area contributed by atoms with E-state index in [1.54, 1.807) is 0 Å². The first kappa shape index (κ1) is 6.99. The molecule has 9 heavy (non-hydrogen) atoms. The van der Waals surface area contributed by atoms with Crippen LogP contribution in [0.2, 0.25) is 0 Å². The molecule has 0 aliphatic carbocycles. The molecule has 0 aromatic heterocycles. The summed E-state index contributed by atoms with van der Waals surface area (Å²) < 4.78 is 0. The Balaban J connectivity index is 2.23. The van der Waals surface area contributed by atoms with Gasteiger partial charge in [-0.25, -0.2) is 0 Å². The highest BCUT2D eigenvalue weighted by Crippen LogP contribution is 2.11. The second-order valence-corrected chi connectivity index (χ2v) is 2.52. The van der Waals surface area contributed by atoms with Gasteiger partial charge in [-0.15, -0.1) is 0 Å². The van der Waals surface area contributed by atoms with E-state index in [2.05, 4.69) is 5.32 Å². The van der Waals surface area contributed by atoms with Crippen LogP contribution in [-0.4, -0.2) is 29.6 Å². The molecule has 1 rings (SSSR count). The molecule has 0 saturated carbocycles. The zero-order valence-electron chi connectivity index (χ0n) is 5.38. The number of hydrogen-bond donors (Lipinski definition) is 3. The summed E-state index contributed by atoms with van der Waals surface area (Å²) in [6.07, 6.45) is 0.866. The third-order valence-corrected chi connectivity index (χ3v) is 1.76. The third-order valence-electron chi connectivity index (χ3n) is 1.76. The number of aliphatic hydroxyl groups is 2. The molecule has 0 bridgehead atoms. The molecule has 1 saturated heterocycles. The van der Waals surface area contributed by atoms with Crippen LogP contribution in [0.4, 0.5) is 0 Å². The maximum absolute atomic E-state index is 8.69. The van der Waals surface area contributed by atoms with Crippen molar-refractivity contribution in [2.45, 2.75) is 19.1 Å². The predicted octanol–water partition coefficient (Wildman–Crippen LogP) is -0.703. The fourth-order valence-corrected chi connectivity index (χ4v) is 1.13. The molecular weight excluding hydrogens is 118 g/mol. The van der Waals surface area contributed by atoms with E-state index in [-0.39, 0.29) is 5.92 Å². The minimum Gasteiger partial charge on any atom is -0.368 e. The van der Waals surface area contributed by atoms with Gasteiger partial charge in [0.2, 0.25) is 0 Å². The molecule has 0 radical (unpaired) electrons. The van der Waals surface area contributed by atoms with E-state index < -0.39 is 6.29 Å². The minimum absolute atomic E-state index is 0.0544. The molecule has 3 heteroatoms. The Morgan fingerprint density at radius 2 is 2.22 bits per heavy atom. The Morgan fingerprint density at radius 1 is 1.44 bits per heavy atom. The molecule has 0 amide bonds. The average Bonchev–Trinajstić information content (AvgIpc) is 1.90. The normalized spacial score (nSPS) is 29.0. The van der Waals surface area contributed by atoms with Gasteiger partial charge in [0.15, 0.2) is 6.29 Å². The Hall–Kier alpha value is -0.120. The maximum Gasteiger partial charge on any atom is 0.155 e. The van der Waals surface area contributed by atoms with Crippen LogP contribution in [0, 0.1) is 5.92 Å². The van der Waals surface area contributed by atoms with Gasteiger partial charge in [-0.1, -0.05) is 0 Å². The minimum atomic E-state index is -1.13. The quantitative estimate of drug-likeness (QED) is 0.412. The molecule has 54 valence electrons. The summed E-state index contributed by atoms with van der Waals surface area (Å²) in [5, 5.41) is 20.5. The number of hydrogen-bond acceptors (Lipinski definition) is 3. The molecule has 1 heterocycles. The fourth-order valence-electron chi connectivity index (χ4n) is 1.13. The molecule has 1 aliphatic heterocycles. The maximum atomic E-state index is 8.69. The van der Waals surface area contributed by atoms with E-state index in [0.717, 1.165) is 25.9 Å². The summed E-state index contributed by atoms with van der Waals surface area (Å²) in [6.45, 7) is 1.76. The van der Waals surface area contributed by atoms with Crippen molar-refractivity contribution in [1.29, 1.82) is 0 Å². The second-order valence-electron chi connectivity index (χ2n) is 2.52. The van der Waals surface area contributed by atoms with Crippen LogP contribution in [0.1, 0.15) is 12.8 Å². The highest BCUT2D eigenvalue weighted by Gasteiger charge is 2.18. The lowest BCUT2D eigenvalue weighted by atomic mass is 9.99. The molecular formula is C6H13NO2. The van der Waals surface area contributed by atoms with Crippen LogP contribution >= 0.6 is 0 Å². The largest absolute Gasteiger partial charge is 0.368 e. The first-order chi connectivity index (χ1) is 4.30. The summed E-state index contributed by atoms with van der Waals surface area (Å²) in [5.74, 6) is 0.0544. The number of rotatable bonds is 1. The van der Waals surface area contributed by atoms with Gasteiger partial charge in [-0.05, 0) is 19.4 Å². The van der Waals surface area contributed by atoms with Gasteiger partial charge in [0, 0.05) is 12.5 Å². The van der Waals surface area contributed by atoms with Gasteiger partial charge in [0.1, 0.15) is 0 Å². The van der Waals surface area contributed by atoms with Gasteiger partial charge >= 0.3 is 0 Å². The smallest absolute Gasteiger partial charge is 0.155 e. The lowest BCUT2D eigenvalue weighted by molar-refractivity contribution is -0.0885. The van der Waals surface area contributed by atoms with Crippen molar-refractivity contribution < 1.29 is 10.2 Å². The Kier molecular flexibility index (Phi) is 2.45. The third kappa shape index (κ3) is 1.93. The number of aliphatic hydroxyl groups excluding tert-OH is 1. The van der Waals surface area contributed by atoms with Crippen LogP contribution in [0.5, 0.6) is 0 Å². The van der Waals surface area contributed by atoms with Gasteiger partial charge in [0.25, 0.3) is 0 Å².